The van der Waals surface area contributed by atoms with Crippen molar-refractivity contribution >= 4 is 21.7 Å². The van der Waals surface area contributed by atoms with Gasteiger partial charge in [0.05, 0.1) is 18.9 Å². The number of methoxy groups -OCH3 is 1. The number of hydrogen-bond donors (Lipinski definition) is 1. The number of pyridine rings is 1. The van der Waals surface area contributed by atoms with Crippen LogP contribution in [0.15, 0.2) is 16.5 Å². The molecule has 0 aromatic carbocycles. The Bertz CT molecular complexity index is 977. The number of hydrogen-bond acceptors (Lipinski definition) is 9. The normalized spacial score (nSPS) is 19.5. The van der Waals surface area contributed by atoms with Crippen LogP contribution in [0.4, 0.5) is 11.6 Å². The quantitative estimate of drug-likeness (QED) is 0.589. The molecule has 166 valence electrons. The van der Waals surface area contributed by atoms with Gasteiger partial charge in [-0.2, -0.15) is 0 Å². The summed E-state index contributed by atoms with van der Waals surface area (Å²) in [7, 11) is -0.382. The molecule has 30 heavy (non-hydrogen) atoms. The molecule has 11 heteroatoms. The van der Waals surface area contributed by atoms with Crippen LogP contribution in [0.3, 0.4) is 0 Å². The lowest BCUT2D eigenvalue weighted by molar-refractivity contribution is 0.204. The Morgan fingerprint density at radius 1 is 1.33 bits per heavy atom. The molecular formula is C19H30N6O4S. The van der Waals surface area contributed by atoms with Gasteiger partial charge in [-0.05, 0) is 37.3 Å². The topological polar surface area (TPSA) is 128 Å². The molecule has 0 amide bonds. The first-order chi connectivity index (χ1) is 14.1. The fraction of sp³-hybridized carbons (Fsp3) is 0.632. The van der Waals surface area contributed by atoms with Crippen LogP contribution >= 0.6 is 0 Å². The van der Waals surface area contributed by atoms with Crippen molar-refractivity contribution in [3.8, 4) is 11.5 Å². The maximum Gasteiger partial charge on any atom is 0.248 e. The molecule has 1 aliphatic rings. The van der Waals surface area contributed by atoms with Gasteiger partial charge >= 0.3 is 0 Å². The molecule has 1 saturated carbocycles. The Morgan fingerprint density at radius 2 is 2.00 bits per heavy atom. The smallest absolute Gasteiger partial charge is 0.248 e. The van der Waals surface area contributed by atoms with Crippen LogP contribution in [-0.2, 0) is 14.8 Å². The average Bonchev–Trinajstić information content (AvgIpc) is 3.17. The number of ether oxygens (including phenoxy) is 1. The zero-order chi connectivity index (χ0) is 22.1. The number of nitrogens with zero attached hydrogens (tertiary/aromatic N) is 5. The summed E-state index contributed by atoms with van der Waals surface area (Å²) in [5.41, 5.74) is 6.41. The minimum absolute atomic E-state index is 0.264. The molecule has 1 unspecified atom stereocenters. The summed E-state index contributed by atoms with van der Waals surface area (Å²) in [6.45, 7) is 5.95. The molecular weight excluding hydrogens is 408 g/mol. The molecule has 0 aliphatic heterocycles. The van der Waals surface area contributed by atoms with Gasteiger partial charge in [-0.15, -0.1) is 10.2 Å². The van der Waals surface area contributed by atoms with Crippen molar-refractivity contribution in [2.75, 3.05) is 49.3 Å². The molecule has 1 aliphatic carbocycles. The summed E-state index contributed by atoms with van der Waals surface area (Å²) >= 11 is 0. The lowest BCUT2D eigenvalue weighted by Crippen LogP contribution is -2.32. The predicted octanol–water partition coefficient (Wildman–Crippen LogP) is 1.66. The number of anilines is 2. The highest BCUT2D eigenvalue weighted by atomic mass is 32.2. The van der Waals surface area contributed by atoms with Crippen molar-refractivity contribution in [2.24, 2.45) is 17.6 Å². The van der Waals surface area contributed by atoms with Gasteiger partial charge in [0.15, 0.2) is 0 Å². The second-order valence-electron chi connectivity index (χ2n) is 7.95. The van der Waals surface area contributed by atoms with E-state index >= 15 is 0 Å². The molecule has 0 radical (unpaired) electrons. The second kappa shape index (κ2) is 8.86. The van der Waals surface area contributed by atoms with Crippen LogP contribution in [-0.4, -0.2) is 63.7 Å². The lowest BCUT2D eigenvalue weighted by Gasteiger charge is -2.26. The largest absolute Gasteiger partial charge is 0.419 e. The van der Waals surface area contributed by atoms with Crippen molar-refractivity contribution in [1.29, 1.82) is 0 Å². The number of rotatable bonds is 10. The maximum atomic E-state index is 12.1. The fourth-order valence-electron chi connectivity index (χ4n) is 3.09. The molecule has 10 nitrogen and oxygen atoms in total. The first kappa shape index (κ1) is 22.4. The van der Waals surface area contributed by atoms with Crippen LogP contribution in [0.25, 0.3) is 11.5 Å². The lowest BCUT2D eigenvalue weighted by atomic mass is 10.2. The van der Waals surface area contributed by atoms with Crippen molar-refractivity contribution in [2.45, 2.75) is 26.3 Å². The van der Waals surface area contributed by atoms with Crippen molar-refractivity contribution in [3.05, 3.63) is 18.0 Å². The van der Waals surface area contributed by atoms with Crippen LogP contribution in [0.5, 0.6) is 0 Å². The van der Waals surface area contributed by atoms with Crippen molar-refractivity contribution in [3.63, 3.8) is 0 Å². The third-order valence-corrected chi connectivity index (χ3v) is 6.50. The first-order valence-electron chi connectivity index (χ1n) is 9.89. The van der Waals surface area contributed by atoms with Gasteiger partial charge in [-0.1, -0.05) is 6.92 Å². The van der Waals surface area contributed by atoms with E-state index in [1.807, 2.05) is 6.07 Å². The molecule has 2 heterocycles. The average molecular weight is 439 g/mol. The Kier molecular flexibility index (Phi) is 6.63. The number of aromatic nitrogens is 3. The van der Waals surface area contributed by atoms with E-state index in [0.717, 1.165) is 17.1 Å². The summed E-state index contributed by atoms with van der Waals surface area (Å²) in [6, 6.07) is 3.05. The standard InChI is InChI=1S/C19H30N6O4S/c1-12-8-15(12)11-25(6-7-28-4)17-10-14(19-23-22-18(29-19)13(2)20)9-16(21-17)24(3)30(5,26)27/h9-10,12-13,15H,6-8,11,20H2,1-5H3/t12-,13?,15+/m1/s1. The first-order valence-corrected chi connectivity index (χ1v) is 11.7. The van der Waals surface area contributed by atoms with Crippen LogP contribution in [0, 0.1) is 11.8 Å². The predicted molar refractivity (Wildman–Crippen MR) is 115 cm³/mol. The third-order valence-electron chi connectivity index (χ3n) is 5.32. The zero-order valence-corrected chi connectivity index (χ0v) is 18.9. The molecule has 3 atom stereocenters. The van der Waals surface area contributed by atoms with E-state index in [1.54, 1.807) is 20.1 Å². The Hall–Kier alpha value is -2.24. The minimum atomic E-state index is -3.50. The van der Waals surface area contributed by atoms with Gasteiger partial charge in [0.2, 0.25) is 21.8 Å². The van der Waals surface area contributed by atoms with Gasteiger partial charge in [0.1, 0.15) is 11.6 Å². The van der Waals surface area contributed by atoms with Crippen LogP contribution in [0.2, 0.25) is 0 Å². The van der Waals surface area contributed by atoms with Gasteiger partial charge in [0, 0.05) is 32.8 Å². The maximum absolute atomic E-state index is 12.1. The van der Waals surface area contributed by atoms with Crippen LogP contribution < -0.4 is 14.9 Å². The highest BCUT2D eigenvalue weighted by molar-refractivity contribution is 7.92. The summed E-state index contributed by atoms with van der Waals surface area (Å²) in [6.07, 6.45) is 2.30. The van der Waals surface area contributed by atoms with Crippen molar-refractivity contribution in [1.82, 2.24) is 15.2 Å². The fourth-order valence-corrected chi connectivity index (χ4v) is 3.52. The highest BCUT2D eigenvalue weighted by Crippen LogP contribution is 2.39. The van der Waals surface area contributed by atoms with E-state index in [-0.39, 0.29) is 11.7 Å². The van der Waals surface area contributed by atoms with E-state index < -0.39 is 16.1 Å². The SMILES string of the molecule is COCCN(C[C@@H]1C[C@H]1C)c1cc(-c2nnc(C(C)N)o2)cc(N(C)S(C)(=O)=O)n1. The summed E-state index contributed by atoms with van der Waals surface area (Å²) in [5.74, 6) is 2.73. The van der Waals surface area contributed by atoms with Crippen LogP contribution in [0.1, 0.15) is 32.2 Å². The highest BCUT2D eigenvalue weighted by Gasteiger charge is 2.34. The molecule has 2 aromatic rings. The molecule has 3 rings (SSSR count). The molecule has 0 spiro atoms. The molecule has 2 aromatic heterocycles. The van der Waals surface area contributed by atoms with Gasteiger partial charge < -0.3 is 19.8 Å². The number of nitrogens with two attached hydrogens (primary N) is 1. The Labute approximate surface area is 177 Å². The number of sulfonamides is 1. The minimum Gasteiger partial charge on any atom is -0.419 e. The molecule has 1 fully saturated rings. The van der Waals surface area contributed by atoms with E-state index in [4.69, 9.17) is 14.9 Å². The van der Waals surface area contributed by atoms with Crippen molar-refractivity contribution < 1.29 is 17.6 Å². The third kappa shape index (κ3) is 5.27. The van der Waals surface area contributed by atoms with E-state index in [2.05, 4.69) is 27.0 Å². The van der Waals surface area contributed by atoms with Gasteiger partial charge in [-0.3, -0.25) is 4.31 Å². The van der Waals surface area contributed by atoms with E-state index in [9.17, 15) is 8.42 Å². The monoisotopic (exact) mass is 438 g/mol. The molecule has 2 N–H and O–H groups in total. The van der Waals surface area contributed by atoms with Gasteiger partial charge in [0.25, 0.3) is 0 Å². The zero-order valence-electron chi connectivity index (χ0n) is 18.1. The Morgan fingerprint density at radius 3 is 2.53 bits per heavy atom. The molecule has 0 bridgehead atoms. The summed E-state index contributed by atoms with van der Waals surface area (Å²) < 4.78 is 36.4. The summed E-state index contributed by atoms with van der Waals surface area (Å²) in [4.78, 5) is 6.74. The van der Waals surface area contributed by atoms with Gasteiger partial charge in [-0.25, -0.2) is 13.4 Å². The molecule has 0 saturated heterocycles. The van der Waals surface area contributed by atoms with E-state index in [1.165, 1.54) is 13.5 Å². The summed E-state index contributed by atoms with van der Waals surface area (Å²) in [5, 5.41) is 8.06. The second-order valence-corrected chi connectivity index (χ2v) is 9.96. The van der Waals surface area contributed by atoms with E-state index in [0.29, 0.717) is 42.3 Å². The Balaban J connectivity index is 2.05.